The zero-order valence-electron chi connectivity index (χ0n) is 17.0. The van der Waals surface area contributed by atoms with E-state index in [0.717, 1.165) is 35.3 Å². The van der Waals surface area contributed by atoms with Crippen LogP contribution in [-0.2, 0) is 12.0 Å². The number of hydrogen-bond donors (Lipinski definition) is 1. The molecule has 3 aromatic rings. The second-order valence-electron chi connectivity index (χ2n) is 7.68. The number of halogens is 1. The summed E-state index contributed by atoms with van der Waals surface area (Å²) in [6, 6.07) is 21.1. The summed E-state index contributed by atoms with van der Waals surface area (Å²) in [4.78, 5) is 2.14. The highest BCUT2D eigenvalue weighted by molar-refractivity contribution is 5.83. The molecule has 0 radical (unpaired) electrons. The summed E-state index contributed by atoms with van der Waals surface area (Å²) >= 11 is 0. The third-order valence-corrected chi connectivity index (χ3v) is 6.17. The van der Waals surface area contributed by atoms with Gasteiger partial charge in [-0.25, -0.2) is 4.39 Å². The predicted octanol–water partition coefficient (Wildman–Crippen LogP) is 6.20. The van der Waals surface area contributed by atoms with Gasteiger partial charge < -0.3 is 15.4 Å². The summed E-state index contributed by atoms with van der Waals surface area (Å²) in [5, 5.41) is 0. The van der Waals surface area contributed by atoms with Crippen molar-refractivity contribution >= 4 is 17.1 Å². The van der Waals surface area contributed by atoms with E-state index in [0.29, 0.717) is 24.6 Å². The van der Waals surface area contributed by atoms with Crippen LogP contribution in [0.25, 0.3) is 0 Å². The first kappa shape index (κ1) is 19.3. The van der Waals surface area contributed by atoms with E-state index in [1.165, 1.54) is 6.07 Å². The van der Waals surface area contributed by atoms with Gasteiger partial charge in [-0.2, -0.15) is 0 Å². The van der Waals surface area contributed by atoms with Crippen molar-refractivity contribution in [3.05, 3.63) is 83.7 Å². The zero-order chi connectivity index (χ0) is 20.4. The van der Waals surface area contributed by atoms with Gasteiger partial charge in [0, 0.05) is 17.5 Å². The van der Waals surface area contributed by atoms with E-state index in [1.54, 1.807) is 6.07 Å². The Morgan fingerprint density at radius 2 is 1.66 bits per heavy atom. The van der Waals surface area contributed by atoms with Crippen LogP contribution in [0.4, 0.5) is 21.5 Å². The smallest absolute Gasteiger partial charge is 0.143 e. The molecule has 150 valence electrons. The van der Waals surface area contributed by atoms with Gasteiger partial charge in [-0.05, 0) is 42.7 Å². The fourth-order valence-electron chi connectivity index (χ4n) is 4.40. The summed E-state index contributed by atoms with van der Waals surface area (Å²) < 4.78 is 21.4. The number of para-hydroxylation sites is 2. The van der Waals surface area contributed by atoms with Crippen LogP contribution in [0.15, 0.2) is 66.7 Å². The number of ether oxygens (including phenoxy) is 1. The van der Waals surface area contributed by atoms with E-state index < -0.39 is 0 Å². The molecule has 29 heavy (non-hydrogen) atoms. The fourth-order valence-corrected chi connectivity index (χ4v) is 4.40. The van der Waals surface area contributed by atoms with Gasteiger partial charge in [0.15, 0.2) is 0 Å². The highest BCUT2D eigenvalue weighted by Gasteiger charge is 2.45. The van der Waals surface area contributed by atoms with Crippen molar-refractivity contribution < 1.29 is 9.13 Å². The minimum absolute atomic E-state index is 0.173. The lowest BCUT2D eigenvalue weighted by Crippen LogP contribution is -2.31. The van der Waals surface area contributed by atoms with Crippen LogP contribution in [0.3, 0.4) is 0 Å². The second kappa shape index (κ2) is 7.78. The van der Waals surface area contributed by atoms with Gasteiger partial charge in [-0.3, -0.25) is 0 Å². The number of hydrogen-bond acceptors (Lipinski definition) is 3. The largest absolute Gasteiger partial charge is 0.487 e. The van der Waals surface area contributed by atoms with Crippen LogP contribution in [0.1, 0.15) is 37.8 Å². The zero-order valence-corrected chi connectivity index (χ0v) is 17.0. The van der Waals surface area contributed by atoms with Crippen molar-refractivity contribution in [3.63, 3.8) is 0 Å². The van der Waals surface area contributed by atoms with Gasteiger partial charge in [0.05, 0.1) is 17.1 Å². The van der Waals surface area contributed by atoms with Gasteiger partial charge in [-0.15, -0.1) is 0 Å². The van der Waals surface area contributed by atoms with Gasteiger partial charge >= 0.3 is 0 Å². The molecule has 0 unspecified atom stereocenters. The van der Waals surface area contributed by atoms with Crippen LogP contribution in [0.5, 0.6) is 5.75 Å². The third kappa shape index (κ3) is 3.33. The molecule has 0 amide bonds. The summed E-state index contributed by atoms with van der Waals surface area (Å²) in [6.45, 7) is 5.37. The molecule has 1 heterocycles. The van der Waals surface area contributed by atoms with E-state index in [-0.39, 0.29) is 11.2 Å². The third-order valence-electron chi connectivity index (χ3n) is 6.17. The minimum atomic E-state index is -0.270. The maximum Gasteiger partial charge on any atom is 0.143 e. The van der Waals surface area contributed by atoms with Gasteiger partial charge in [-0.1, -0.05) is 56.3 Å². The van der Waals surface area contributed by atoms with Crippen molar-refractivity contribution in [1.29, 1.82) is 0 Å². The van der Waals surface area contributed by atoms with Crippen molar-refractivity contribution in [2.45, 2.75) is 38.7 Å². The molecular formula is C25H27FN2O. The van der Waals surface area contributed by atoms with Crippen LogP contribution in [0, 0.1) is 5.82 Å². The molecule has 4 heteroatoms. The Balaban J connectivity index is 1.83. The fraction of sp³-hybridized carbons (Fsp3) is 0.280. The summed E-state index contributed by atoms with van der Waals surface area (Å²) in [5.74, 6) is 0.519. The molecule has 0 fully saturated rings. The number of benzene rings is 3. The lowest BCUT2D eigenvalue weighted by Gasteiger charge is -2.28. The highest BCUT2D eigenvalue weighted by Crippen LogP contribution is 2.54. The quantitative estimate of drug-likeness (QED) is 0.510. The minimum Gasteiger partial charge on any atom is -0.487 e. The Bertz CT molecular complexity index is 999. The van der Waals surface area contributed by atoms with Crippen LogP contribution < -0.4 is 15.4 Å². The second-order valence-corrected chi connectivity index (χ2v) is 7.68. The van der Waals surface area contributed by atoms with E-state index in [9.17, 15) is 0 Å². The number of anilines is 3. The van der Waals surface area contributed by atoms with E-state index >= 15 is 4.39 Å². The molecule has 1 aliphatic rings. The lowest BCUT2D eigenvalue weighted by atomic mass is 9.77. The maximum atomic E-state index is 15.2. The SMILES string of the molecule is CCC1(CC)CN(c2ccccc2N)c2c(OCc3ccccc3)ccc(F)c21. The number of nitrogens with two attached hydrogens (primary N) is 1. The number of nitrogen functional groups attached to an aromatic ring is 1. The van der Waals surface area contributed by atoms with Crippen molar-refractivity contribution in [2.24, 2.45) is 0 Å². The average Bonchev–Trinajstić information content (AvgIpc) is 3.11. The molecule has 3 nitrogen and oxygen atoms in total. The van der Waals surface area contributed by atoms with Crippen molar-refractivity contribution in [1.82, 2.24) is 0 Å². The molecule has 0 atom stereocenters. The summed E-state index contributed by atoms with van der Waals surface area (Å²) in [5.41, 5.74) is 10.2. The molecule has 0 saturated heterocycles. The van der Waals surface area contributed by atoms with E-state index in [2.05, 4.69) is 18.7 Å². The molecule has 0 aromatic heterocycles. The highest BCUT2D eigenvalue weighted by atomic mass is 19.1. The number of nitrogens with zero attached hydrogens (tertiary/aromatic N) is 1. The van der Waals surface area contributed by atoms with Gasteiger partial charge in [0.2, 0.25) is 0 Å². The Labute approximate surface area is 171 Å². The number of fused-ring (bicyclic) bond motifs is 1. The molecule has 2 N–H and O–H groups in total. The molecule has 0 saturated carbocycles. The Morgan fingerprint density at radius 3 is 2.34 bits per heavy atom. The summed E-state index contributed by atoms with van der Waals surface area (Å²) in [6.07, 6.45) is 1.69. The average molecular weight is 391 g/mol. The number of rotatable bonds is 6. The Kier molecular flexibility index (Phi) is 5.18. The Hall–Kier alpha value is -3.01. The lowest BCUT2D eigenvalue weighted by molar-refractivity contribution is 0.306. The van der Waals surface area contributed by atoms with E-state index in [1.807, 2.05) is 54.6 Å². The van der Waals surface area contributed by atoms with Crippen molar-refractivity contribution in [3.8, 4) is 5.75 Å². The first-order chi connectivity index (χ1) is 14.1. The normalized spacial score (nSPS) is 14.7. The first-order valence-corrected chi connectivity index (χ1v) is 10.2. The molecule has 0 aliphatic carbocycles. The van der Waals surface area contributed by atoms with Gasteiger partial charge in [0.1, 0.15) is 18.2 Å². The monoisotopic (exact) mass is 390 g/mol. The standard InChI is InChI=1S/C25H27FN2O/c1-3-25(4-2)17-28(21-13-9-8-12-20(21)27)24-22(15-14-19(26)23(24)25)29-16-18-10-6-5-7-11-18/h5-15H,3-4,16-17,27H2,1-2H3. The predicted molar refractivity (Wildman–Crippen MR) is 117 cm³/mol. The van der Waals surface area contributed by atoms with Crippen LogP contribution in [-0.4, -0.2) is 6.54 Å². The van der Waals surface area contributed by atoms with E-state index in [4.69, 9.17) is 10.5 Å². The molecule has 4 rings (SSSR count). The van der Waals surface area contributed by atoms with Crippen LogP contribution in [0.2, 0.25) is 0 Å². The topological polar surface area (TPSA) is 38.5 Å². The van der Waals surface area contributed by atoms with Gasteiger partial charge in [0.25, 0.3) is 0 Å². The first-order valence-electron chi connectivity index (χ1n) is 10.2. The molecule has 3 aromatic carbocycles. The Morgan fingerprint density at radius 1 is 0.966 bits per heavy atom. The summed E-state index contributed by atoms with van der Waals surface area (Å²) in [7, 11) is 0. The molecule has 1 aliphatic heterocycles. The molecule has 0 bridgehead atoms. The maximum absolute atomic E-state index is 15.2. The molecular weight excluding hydrogens is 363 g/mol. The van der Waals surface area contributed by atoms with Crippen molar-refractivity contribution in [2.75, 3.05) is 17.2 Å². The molecule has 0 spiro atoms. The van der Waals surface area contributed by atoms with Crippen LogP contribution >= 0.6 is 0 Å².